The zero-order chi connectivity index (χ0) is 12.5. The number of carbonyl (C=O) groups is 1. The number of nitrogens with zero attached hydrogens (tertiary/aromatic N) is 2. The highest BCUT2D eigenvalue weighted by molar-refractivity contribution is 5.78. The second-order valence-electron chi connectivity index (χ2n) is 5.74. The maximum atomic E-state index is 11.9. The van der Waals surface area contributed by atoms with E-state index in [1.54, 1.807) is 18.7 Å². The zero-order valence-corrected chi connectivity index (χ0v) is 10.7. The number of carbonyl (C=O) groups excluding carboxylic acids is 1. The molecule has 0 aromatic rings. The van der Waals surface area contributed by atoms with Gasteiger partial charge in [0.15, 0.2) is 0 Å². The third-order valence-corrected chi connectivity index (χ3v) is 4.10. The van der Waals surface area contributed by atoms with Crippen LogP contribution in [0.2, 0.25) is 0 Å². The first-order valence-electron chi connectivity index (χ1n) is 6.54. The average molecular weight is 235 g/mol. The molecular weight excluding hydrogens is 214 g/mol. The van der Waals surface area contributed by atoms with E-state index in [1.165, 1.54) is 32.1 Å². The van der Waals surface area contributed by atoms with Crippen molar-refractivity contribution in [2.75, 3.05) is 6.54 Å². The van der Waals surface area contributed by atoms with Gasteiger partial charge in [-0.25, -0.2) is 4.79 Å². The lowest BCUT2D eigenvalue weighted by Crippen LogP contribution is -2.44. The van der Waals surface area contributed by atoms with Crippen LogP contribution in [0.1, 0.15) is 46.0 Å². The van der Waals surface area contributed by atoms with E-state index in [1.807, 2.05) is 0 Å². The van der Waals surface area contributed by atoms with E-state index in [9.17, 15) is 4.79 Å². The lowest BCUT2D eigenvalue weighted by molar-refractivity contribution is 0.183. The predicted molar refractivity (Wildman–Crippen MR) is 65.3 cm³/mol. The second kappa shape index (κ2) is 4.56. The van der Waals surface area contributed by atoms with Gasteiger partial charge in [-0.3, -0.25) is 0 Å². The van der Waals surface area contributed by atoms with Gasteiger partial charge in [-0.05, 0) is 32.6 Å². The average Bonchev–Trinajstić information content (AvgIpc) is 2.73. The monoisotopic (exact) mass is 235 g/mol. The normalized spacial score (nSPS) is 26.8. The first-order chi connectivity index (χ1) is 8.04. The summed E-state index contributed by atoms with van der Waals surface area (Å²) in [7, 11) is 0. The molecule has 1 unspecified atom stereocenters. The number of amides is 2. The number of hydrogen-bond acceptors (Lipinski definition) is 2. The van der Waals surface area contributed by atoms with E-state index in [4.69, 9.17) is 5.26 Å². The maximum absolute atomic E-state index is 11.9. The van der Waals surface area contributed by atoms with Crippen LogP contribution in [0.3, 0.4) is 0 Å². The van der Waals surface area contributed by atoms with Gasteiger partial charge in [0.05, 0.1) is 12.1 Å². The van der Waals surface area contributed by atoms with Crippen molar-refractivity contribution in [1.82, 2.24) is 10.2 Å². The summed E-state index contributed by atoms with van der Waals surface area (Å²) in [5.41, 5.74) is -0.701. The zero-order valence-electron chi connectivity index (χ0n) is 10.7. The molecule has 4 nitrogen and oxygen atoms in total. The summed E-state index contributed by atoms with van der Waals surface area (Å²) in [6.07, 6.45) is 6.31. The van der Waals surface area contributed by atoms with E-state index in [0.717, 1.165) is 0 Å². The highest BCUT2D eigenvalue weighted by Gasteiger charge is 2.41. The molecule has 2 rings (SSSR count). The van der Waals surface area contributed by atoms with Crippen molar-refractivity contribution in [3.8, 4) is 6.07 Å². The fourth-order valence-corrected chi connectivity index (χ4v) is 2.91. The van der Waals surface area contributed by atoms with E-state index in [-0.39, 0.29) is 12.1 Å². The van der Waals surface area contributed by atoms with Crippen molar-refractivity contribution in [2.24, 2.45) is 5.92 Å². The van der Waals surface area contributed by atoms with Crippen LogP contribution in [0.25, 0.3) is 0 Å². The highest BCUT2D eigenvalue weighted by atomic mass is 16.2. The van der Waals surface area contributed by atoms with E-state index in [2.05, 4.69) is 11.4 Å². The predicted octanol–water partition coefficient (Wildman–Crippen LogP) is 2.26. The van der Waals surface area contributed by atoms with E-state index >= 15 is 0 Å². The van der Waals surface area contributed by atoms with Crippen LogP contribution in [-0.4, -0.2) is 29.1 Å². The van der Waals surface area contributed by atoms with Gasteiger partial charge in [-0.15, -0.1) is 0 Å². The Morgan fingerprint density at radius 3 is 2.59 bits per heavy atom. The topological polar surface area (TPSA) is 56.1 Å². The second-order valence-corrected chi connectivity index (χ2v) is 5.74. The van der Waals surface area contributed by atoms with Crippen molar-refractivity contribution >= 4 is 6.03 Å². The van der Waals surface area contributed by atoms with Crippen molar-refractivity contribution in [3.63, 3.8) is 0 Å². The van der Waals surface area contributed by atoms with Gasteiger partial charge in [0.2, 0.25) is 0 Å². The summed E-state index contributed by atoms with van der Waals surface area (Å²) in [4.78, 5) is 13.6. The third-order valence-electron chi connectivity index (χ3n) is 4.10. The van der Waals surface area contributed by atoms with Gasteiger partial charge in [0.1, 0.15) is 5.54 Å². The number of hydrogen-bond donors (Lipinski definition) is 1. The molecule has 0 spiro atoms. The van der Waals surface area contributed by atoms with E-state index in [0.29, 0.717) is 12.5 Å². The highest BCUT2D eigenvalue weighted by Crippen LogP contribution is 2.30. The smallest absolute Gasteiger partial charge is 0.319 e. The quantitative estimate of drug-likeness (QED) is 0.798. The molecule has 0 bridgehead atoms. The largest absolute Gasteiger partial charge is 0.333 e. The molecule has 1 N–H and O–H groups in total. The lowest BCUT2D eigenvalue weighted by Gasteiger charge is -2.29. The summed E-state index contributed by atoms with van der Waals surface area (Å²) in [5, 5.41) is 12.1. The molecule has 2 amide bonds. The fourth-order valence-electron chi connectivity index (χ4n) is 2.91. The first kappa shape index (κ1) is 12.2. The summed E-state index contributed by atoms with van der Waals surface area (Å²) in [6.45, 7) is 4.29. The van der Waals surface area contributed by atoms with Crippen LogP contribution in [0.5, 0.6) is 0 Å². The Hall–Kier alpha value is -1.24. The minimum atomic E-state index is -0.701. The molecule has 0 aromatic heterocycles. The molecule has 17 heavy (non-hydrogen) atoms. The standard InChI is InChI=1S/C13H21N3O/c1-13(2,9-14)16-8-11(15-12(16)17)10-6-4-3-5-7-10/h10-11H,3-8H2,1-2H3,(H,15,17). The van der Waals surface area contributed by atoms with Crippen LogP contribution in [0.15, 0.2) is 0 Å². The fraction of sp³-hybridized carbons (Fsp3) is 0.846. The van der Waals surface area contributed by atoms with E-state index < -0.39 is 5.54 Å². The van der Waals surface area contributed by atoms with Crippen molar-refractivity contribution < 1.29 is 4.79 Å². The van der Waals surface area contributed by atoms with Crippen LogP contribution >= 0.6 is 0 Å². The van der Waals surface area contributed by atoms with Crippen molar-refractivity contribution in [2.45, 2.75) is 57.5 Å². The van der Waals surface area contributed by atoms with Gasteiger partial charge in [0, 0.05) is 6.54 Å². The summed E-state index contributed by atoms with van der Waals surface area (Å²) in [5.74, 6) is 0.604. The Morgan fingerprint density at radius 1 is 1.35 bits per heavy atom. The van der Waals surface area contributed by atoms with Gasteiger partial charge in [-0.2, -0.15) is 5.26 Å². The number of urea groups is 1. The van der Waals surface area contributed by atoms with Crippen molar-refractivity contribution in [1.29, 1.82) is 5.26 Å². The molecule has 4 heteroatoms. The van der Waals surface area contributed by atoms with Gasteiger partial charge in [0.25, 0.3) is 0 Å². The Kier molecular flexibility index (Phi) is 3.28. The molecule has 1 heterocycles. The molecule has 0 aromatic carbocycles. The van der Waals surface area contributed by atoms with Crippen LogP contribution in [0, 0.1) is 17.2 Å². The Morgan fingerprint density at radius 2 is 2.00 bits per heavy atom. The summed E-state index contributed by atoms with van der Waals surface area (Å²) >= 11 is 0. The van der Waals surface area contributed by atoms with Crippen LogP contribution in [-0.2, 0) is 0 Å². The molecule has 1 saturated carbocycles. The lowest BCUT2D eigenvalue weighted by atomic mass is 9.84. The maximum Gasteiger partial charge on any atom is 0.319 e. The molecule has 1 saturated heterocycles. The van der Waals surface area contributed by atoms with Crippen LogP contribution < -0.4 is 5.32 Å². The molecule has 1 atom stereocenters. The molecule has 2 aliphatic rings. The van der Waals surface area contributed by atoms with Gasteiger partial charge < -0.3 is 10.2 Å². The SMILES string of the molecule is CC(C)(C#N)N1CC(C2CCCCC2)NC1=O. The Bertz CT molecular complexity index is 339. The van der Waals surface area contributed by atoms with Crippen molar-refractivity contribution in [3.05, 3.63) is 0 Å². The molecule has 94 valence electrons. The summed E-state index contributed by atoms with van der Waals surface area (Å²) in [6, 6.07) is 2.37. The van der Waals surface area contributed by atoms with Crippen LogP contribution in [0.4, 0.5) is 4.79 Å². The molecule has 2 fully saturated rings. The Balaban J connectivity index is 2.02. The molecule has 1 aliphatic heterocycles. The molecule has 1 aliphatic carbocycles. The molecular formula is C13H21N3O. The summed E-state index contributed by atoms with van der Waals surface area (Å²) < 4.78 is 0. The first-order valence-corrected chi connectivity index (χ1v) is 6.54. The number of nitriles is 1. The Labute approximate surface area is 103 Å². The number of rotatable bonds is 2. The number of nitrogens with one attached hydrogen (secondary N) is 1. The van der Waals surface area contributed by atoms with Gasteiger partial charge in [-0.1, -0.05) is 19.3 Å². The third kappa shape index (κ3) is 2.38. The molecule has 0 radical (unpaired) electrons. The minimum absolute atomic E-state index is 0.0767. The van der Waals surface area contributed by atoms with Gasteiger partial charge >= 0.3 is 6.03 Å². The minimum Gasteiger partial charge on any atom is -0.333 e.